The van der Waals surface area contributed by atoms with Gasteiger partial charge in [-0.2, -0.15) is 11.8 Å². The van der Waals surface area contributed by atoms with Crippen molar-refractivity contribution in [1.29, 1.82) is 0 Å². The molecule has 1 aliphatic heterocycles. The highest BCUT2D eigenvalue weighted by molar-refractivity contribution is 7.99. The zero-order chi connectivity index (χ0) is 9.64. The highest BCUT2D eigenvalue weighted by Crippen LogP contribution is 2.36. The standard InChI is InChI=1S/C13H24S/c1-2-4-8-12(9-5-3-1)13-10-6-7-11-14-13/h12-13H,1-11H2. The normalized spacial score (nSPS) is 32.1. The highest BCUT2D eigenvalue weighted by Gasteiger charge is 2.23. The van der Waals surface area contributed by atoms with Crippen LogP contribution >= 0.6 is 11.8 Å². The Hall–Kier alpha value is 0.350. The van der Waals surface area contributed by atoms with Crippen LogP contribution in [-0.2, 0) is 0 Å². The molecule has 0 aromatic carbocycles. The lowest BCUT2D eigenvalue weighted by atomic mass is 9.87. The van der Waals surface area contributed by atoms with Gasteiger partial charge in [0.05, 0.1) is 0 Å². The zero-order valence-electron chi connectivity index (χ0n) is 9.34. The monoisotopic (exact) mass is 212 g/mol. The maximum absolute atomic E-state index is 2.29. The van der Waals surface area contributed by atoms with Crippen LogP contribution in [0.1, 0.15) is 64.2 Å². The van der Waals surface area contributed by atoms with E-state index in [0.29, 0.717) is 0 Å². The molecule has 1 heterocycles. The minimum absolute atomic E-state index is 1.04. The van der Waals surface area contributed by atoms with Crippen LogP contribution in [-0.4, -0.2) is 11.0 Å². The fourth-order valence-corrected chi connectivity index (χ4v) is 4.55. The molecular weight excluding hydrogens is 188 g/mol. The Bertz CT molecular complexity index is 141. The molecule has 1 saturated heterocycles. The van der Waals surface area contributed by atoms with Crippen molar-refractivity contribution in [1.82, 2.24) is 0 Å². The van der Waals surface area contributed by atoms with Gasteiger partial charge in [0, 0.05) is 5.25 Å². The third-order valence-electron chi connectivity index (χ3n) is 3.89. The summed E-state index contributed by atoms with van der Waals surface area (Å²) in [5.41, 5.74) is 0. The molecule has 0 N–H and O–H groups in total. The molecule has 0 bridgehead atoms. The highest BCUT2D eigenvalue weighted by atomic mass is 32.2. The Morgan fingerprint density at radius 2 is 1.29 bits per heavy atom. The molecule has 14 heavy (non-hydrogen) atoms. The van der Waals surface area contributed by atoms with Crippen LogP contribution < -0.4 is 0 Å². The maximum Gasteiger partial charge on any atom is 0.00753 e. The van der Waals surface area contributed by atoms with Gasteiger partial charge in [0.1, 0.15) is 0 Å². The number of thioether (sulfide) groups is 1. The summed E-state index contributed by atoms with van der Waals surface area (Å²) in [4.78, 5) is 0. The average Bonchev–Trinajstić information content (AvgIpc) is 2.18. The smallest absolute Gasteiger partial charge is 0.00753 e. The predicted molar refractivity (Wildman–Crippen MR) is 65.9 cm³/mol. The molecule has 1 unspecified atom stereocenters. The zero-order valence-corrected chi connectivity index (χ0v) is 10.2. The van der Waals surface area contributed by atoms with Gasteiger partial charge < -0.3 is 0 Å². The second kappa shape index (κ2) is 6.05. The van der Waals surface area contributed by atoms with Gasteiger partial charge in [-0.3, -0.25) is 0 Å². The Kier molecular flexibility index (Phi) is 4.69. The lowest BCUT2D eigenvalue weighted by Crippen LogP contribution is -2.21. The van der Waals surface area contributed by atoms with E-state index in [0.717, 1.165) is 11.2 Å². The SMILES string of the molecule is C1CCCC(C2CCCCS2)CCC1. The number of hydrogen-bond donors (Lipinski definition) is 0. The van der Waals surface area contributed by atoms with Crippen molar-refractivity contribution in [2.45, 2.75) is 69.5 Å². The van der Waals surface area contributed by atoms with E-state index >= 15 is 0 Å². The first kappa shape index (κ1) is 10.9. The Balaban J connectivity index is 1.80. The van der Waals surface area contributed by atoms with Crippen LogP contribution in [0.4, 0.5) is 0 Å². The van der Waals surface area contributed by atoms with Crippen molar-refractivity contribution in [3.8, 4) is 0 Å². The molecule has 1 heteroatoms. The molecule has 2 fully saturated rings. The van der Waals surface area contributed by atoms with Gasteiger partial charge in [0.2, 0.25) is 0 Å². The van der Waals surface area contributed by atoms with Gasteiger partial charge >= 0.3 is 0 Å². The van der Waals surface area contributed by atoms with E-state index in [1.807, 2.05) is 0 Å². The van der Waals surface area contributed by atoms with E-state index in [9.17, 15) is 0 Å². The van der Waals surface area contributed by atoms with Gasteiger partial charge in [0.15, 0.2) is 0 Å². The summed E-state index contributed by atoms with van der Waals surface area (Å²) in [7, 11) is 0. The topological polar surface area (TPSA) is 0 Å². The van der Waals surface area contributed by atoms with E-state index in [2.05, 4.69) is 11.8 Å². The number of hydrogen-bond acceptors (Lipinski definition) is 1. The van der Waals surface area contributed by atoms with E-state index in [-0.39, 0.29) is 0 Å². The van der Waals surface area contributed by atoms with E-state index < -0.39 is 0 Å². The van der Waals surface area contributed by atoms with E-state index in [4.69, 9.17) is 0 Å². The molecule has 82 valence electrons. The van der Waals surface area contributed by atoms with Crippen molar-refractivity contribution < 1.29 is 0 Å². The summed E-state index contributed by atoms with van der Waals surface area (Å²) in [6, 6.07) is 0. The fourth-order valence-electron chi connectivity index (χ4n) is 3.00. The second-order valence-corrected chi connectivity index (χ2v) is 6.36. The fraction of sp³-hybridized carbons (Fsp3) is 1.00. The Morgan fingerprint density at radius 3 is 1.93 bits per heavy atom. The van der Waals surface area contributed by atoms with Gasteiger partial charge in [-0.15, -0.1) is 0 Å². The summed E-state index contributed by atoms with van der Waals surface area (Å²) < 4.78 is 0. The van der Waals surface area contributed by atoms with Crippen molar-refractivity contribution >= 4 is 11.8 Å². The predicted octanol–water partition coefficient (Wildman–Crippen LogP) is 4.63. The van der Waals surface area contributed by atoms with Gasteiger partial charge in [-0.05, 0) is 37.4 Å². The molecule has 1 saturated carbocycles. The largest absolute Gasteiger partial charge is 0.158 e. The molecule has 2 rings (SSSR count). The molecule has 0 spiro atoms. The first-order valence-electron chi connectivity index (χ1n) is 6.58. The molecule has 1 aliphatic carbocycles. The van der Waals surface area contributed by atoms with Gasteiger partial charge in [-0.25, -0.2) is 0 Å². The van der Waals surface area contributed by atoms with Crippen LogP contribution in [0.2, 0.25) is 0 Å². The first-order valence-corrected chi connectivity index (χ1v) is 7.63. The second-order valence-electron chi connectivity index (χ2n) is 5.01. The Morgan fingerprint density at radius 1 is 0.643 bits per heavy atom. The summed E-state index contributed by atoms with van der Waals surface area (Å²) in [5.74, 6) is 2.53. The van der Waals surface area contributed by atoms with Crippen molar-refractivity contribution in [2.24, 2.45) is 5.92 Å². The van der Waals surface area contributed by atoms with Crippen LogP contribution in [0.5, 0.6) is 0 Å². The van der Waals surface area contributed by atoms with Gasteiger partial charge in [0.25, 0.3) is 0 Å². The van der Waals surface area contributed by atoms with Crippen molar-refractivity contribution in [3.05, 3.63) is 0 Å². The van der Waals surface area contributed by atoms with Crippen molar-refractivity contribution in [2.75, 3.05) is 5.75 Å². The van der Waals surface area contributed by atoms with Crippen LogP contribution in [0, 0.1) is 5.92 Å². The van der Waals surface area contributed by atoms with Crippen LogP contribution in [0.3, 0.4) is 0 Å². The molecule has 0 radical (unpaired) electrons. The van der Waals surface area contributed by atoms with Gasteiger partial charge in [-0.1, -0.05) is 38.5 Å². The lowest BCUT2D eigenvalue weighted by molar-refractivity contribution is 0.354. The Labute approximate surface area is 93.2 Å². The molecule has 0 nitrogen and oxygen atoms in total. The summed E-state index contributed by atoms with van der Waals surface area (Å²) in [6.07, 6.45) is 15.1. The minimum Gasteiger partial charge on any atom is -0.158 e. The van der Waals surface area contributed by atoms with E-state index in [1.165, 1.54) is 70.0 Å². The third kappa shape index (κ3) is 3.18. The van der Waals surface area contributed by atoms with Crippen molar-refractivity contribution in [3.63, 3.8) is 0 Å². The molecule has 0 aromatic rings. The maximum atomic E-state index is 2.29. The summed E-state index contributed by atoms with van der Waals surface area (Å²) in [6.45, 7) is 0. The molecule has 0 aromatic heterocycles. The lowest BCUT2D eigenvalue weighted by Gasteiger charge is -2.31. The molecule has 2 aliphatic rings. The summed E-state index contributed by atoms with van der Waals surface area (Å²) in [5, 5.41) is 1.04. The van der Waals surface area contributed by atoms with E-state index in [1.54, 1.807) is 0 Å². The minimum atomic E-state index is 1.04. The molecular formula is C13H24S. The third-order valence-corrected chi connectivity index (χ3v) is 5.46. The molecule has 0 amide bonds. The van der Waals surface area contributed by atoms with Crippen LogP contribution in [0.15, 0.2) is 0 Å². The average molecular weight is 212 g/mol. The molecule has 1 atom stereocenters. The summed E-state index contributed by atoms with van der Waals surface area (Å²) >= 11 is 2.29. The first-order chi connectivity index (χ1) is 6.97. The number of rotatable bonds is 1. The quantitative estimate of drug-likeness (QED) is 0.610. The van der Waals surface area contributed by atoms with Crippen LogP contribution in [0.25, 0.3) is 0 Å².